The fourth-order valence-electron chi connectivity index (χ4n) is 3.80. The number of thioether (sulfide) groups is 3. The van der Waals surface area contributed by atoms with Crippen molar-refractivity contribution in [3.8, 4) is 0 Å². The van der Waals surface area contributed by atoms with Crippen LogP contribution in [0.5, 0.6) is 0 Å². The molecule has 2 aliphatic rings. The Hall–Kier alpha value is 1.05. The van der Waals surface area contributed by atoms with E-state index >= 15 is 0 Å². The Balaban J connectivity index is 1.82. The standard InChI is InChI=1S/C20H38S3/c1-3-5-15-21-17-11-7-9-13-19(17)23-20-14-10-8-12-18(20)22-16-6-4-2/h17-20H,3-16H2,1-2H3. The highest BCUT2D eigenvalue weighted by molar-refractivity contribution is 8.05. The first-order valence-electron chi connectivity index (χ1n) is 10.2. The molecular weight excluding hydrogens is 336 g/mol. The maximum Gasteiger partial charge on any atom is 0.0169 e. The summed E-state index contributed by atoms with van der Waals surface area (Å²) in [6.45, 7) is 4.65. The van der Waals surface area contributed by atoms with Crippen LogP contribution in [0.1, 0.15) is 90.9 Å². The number of hydrogen-bond acceptors (Lipinski definition) is 3. The van der Waals surface area contributed by atoms with Gasteiger partial charge in [0.25, 0.3) is 0 Å². The van der Waals surface area contributed by atoms with Crippen LogP contribution in [0.25, 0.3) is 0 Å². The Bertz CT molecular complexity index is 267. The van der Waals surface area contributed by atoms with Crippen LogP contribution in [0.2, 0.25) is 0 Å². The van der Waals surface area contributed by atoms with E-state index in [0.29, 0.717) is 0 Å². The van der Waals surface area contributed by atoms with Gasteiger partial charge in [-0.3, -0.25) is 0 Å². The molecule has 136 valence electrons. The Labute approximate surface area is 158 Å². The van der Waals surface area contributed by atoms with Gasteiger partial charge in [-0.05, 0) is 50.0 Å². The van der Waals surface area contributed by atoms with Crippen molar-refractivity contribution in [3.63, 3.8) is 0 Å². The first-order valence-corrected chi connectivity index (χ1v) is 13.3. The first-order chi connectivity index (χ1) is 11.3. The van der Waals surface area contributed by atoms with E-state index in [0.717, 1.165) is 21.0 Å². The number of unbranched alkanes of at least 4 members (excludes halogenated alkanes) is 2. The second-order valence-electron chi connectivity index (χ2n) is 7.31. The highest BCUT2D eigenvalue weighted by Crippen LogP contribution is 2.44. The monoisotopic (exact) mass is 374 g/mol. The summed E-state index contributed by atoms with van der Waals surface area (Å²) in [6, 6.07) is 0. The second-order valence-corrected chi connectivity index (χ2v) is 11.5. The van der Waals surface area contributed by atoms with Crippen LogP contribution in [0.4, 0.5) is 0 Å². The molecule has 23 heavy (non-hydrogen) atoms. The van der Waals surface area contributed by atoms with Gasteiger partial charge in [0.2, 0.25) is 0 Å². The van der Waals surface area contributed by atoms with Crippen LogP contribution in [-0.4, -0.2) is 32.5 Å². The van der Waals surface area contributed by atoms with Gasteiger partial charge in [0.05, 0.1) is 0 Å². The van der Waals surface area contributed by atoms with Crippen LogP contribution in [0.15, 0.2) is 0 Å². The lowest BCUT2D eigenvalue weighted by Gasteiger charge is -2.37. The lowest BCUT2D eigenvalue weighted by atomic mass is 9.99. The zero-order valence-corrected chi connectivity index (χ0v) is 17.9. The fourth-order valence-corrected chi connectivity index (χ4v) is 9.22. The molecule has 4 atom stereocenters. The molecule has 2 aliphatic carbocycles. The van der Waals surface area contributed by atoms with Crippen LogP contribution in [-0.2, 0) is 0 Å². The highest BCUT2D eigenvalue weighted by Gasteiger charge is 2.32. The third kappa shape index (κ3) is 7.44. The molecular formula is C20H38S3. The molecule has 3 heteroatoms. The molecule has 2 saturated carbocycles. The summed E-state index contributed by atoms with van der Waals surface area (Å²) in [5.41, 5.74) is 0. The van der Waals surface area contributed by atoms with E-state index in [1.807, 2.05) is 0 Å². The van der Waals surface area contributed by atoms with E-state index < -0.39 is 0 Å². The zero-order chi connectivity index (χ0) is 16.3. The van der Waals surface area contributed by atoms with Gasteiger partial charge < -0.3 is 0 Å². The quantitative estimate of drug-likeness (QED) is 0.365. The van der Waals surface area contributed by atoms with Crippen molar-refractivity contribution >= 4 is 35.3 Å². The molecule has 0 aromatic rings. The van der Waals surface area contributed by atoms with E-state index in [-0.39, 0.29) is 0 Å². The Morgan fingerprint density at radius 3 is 1.39 bits per heavy atom. The smallest absolute Gasteiger partial charge is 0.0169 e. The molecule has 4 unspecified atom stereocenters. The summed E-state index contributed by atoms with van der Waals surface area (Å²) in [4.78, 5) is 0. The lowest BCUT2D eigenvalue weighted by Crippen LogP contribution is -2.32. The molecule has 2 fully saturated rings. The SMILES string of the molecule is CCCCSC1CCCCC1SC1CCCCC1SCCCC. The molecule has 0 bridgehead atoms. The second kappa shape index (κ2) is 12.4. The highest BCUT2D eigenvalue weighted by atomic mass is 32.2. The van der Waals surface area contributed by atoms with E-state index in [1.165, 1.54) is 88.6 Å². The van der Waals surface area contributed by atoms with Gasteiger partial charge in [-0.25, -0.2) is 0 Å². The van der Waals surface area contributed by atoms with E-state index in [9.17, 15) is 0 Å². The normalized spacial score (nSPS) is 32.1. The van der Waals surface area contributed by atoms with Crippen molar-refractivity contribution in [2.24, 2.45) is 0 Å². The minimum atomic E-state index is 0.961. The van der Waals surface area contributed by atoms with E-state index in [1.54, 1.807) is 0 Å². The fraction of sp³-hybridized carbons (Fsp3) is 1.00. The van der Waals surface area contributed by atoms with Crippen molar-refractivity contribution < 1.29 is 0 Å². The minimum absolute atomic E-state index is 0.961. The molecule has 2 rings (SSSR count). The summed E-state index contributed by atoms with van der Waals surface area (Å²) in [5, 5.41) is 3.85. The van der Waals surface area contributed by atoms with Crippen LogP contribution < -0.4 is 0 Å². The topological polar surface area (TPSA) is 0 Å². The summed E-state index contributed by atoms with van der Waals surface area (Å²) < 4.78 is 0. The lowest BCUT2D eigenvalue weighted by molar-refractivity contribution is 0.507. The van der Waals surface area contributed by atoms with Crippen molar-refractivity contribution in [1.82, 2.24) is 0 Å². The molecule has 0 aromatic carbocycles. The molecule has 0 N–H and O–H groups in total. The maximum absolute atomic E-state index is 2.43. The molecule has 0 spiro atoms. The molecule has 0 aromatic heterocycles. The van der Waals surface area contributed by atoms with Gasteiger partial charge in [0.1, 0.15) is 0 Å². The Morgan fingerprint density at radius 1 is 0.609 bits per heavy atom. The molecule has 0 radical (unpaired) electrons. The summed E-state index contributed by atoms with van der Waals surface area (Å²) in [5.74, 6) is 2.80. The minimum Gasteiger partial charge on any atom is -0.157 e. The number of hydrogen-bond donors (Lipinski definition) is 0. The van der Waals surface area contributed by atoms with Gasteiger partial charge in [-0.2, -0.15) is 35.3 Å². The Morgan fingerprint density at radius 2 is 1.00 bits per heavy atom. The zero-order valence-electron chi connectivity index (χ0n) is 15.4. The van der Waals surface area contributed by atoms with Gasteiger partial charge >= 0.3 is 0 Å². The summed E-state index contributed by atoms with van der Waals surface area (Å²) in [7, 11) is 0. The van der Waals surface area contributed by atoms with Crippen molar-refractivity contribution in [3.05, 3.63) is 0 Å². The van der Waals surface area contributed by atoms with Crippen molar-refractivity contribution in [1.29, 1.82) is 0 Å². The predicted octanol–water partition coefficient (Wildman–Crippen LogP) is 7.41. The molecule has 0 aliphatic heterocycles. The van der Waals surface area contributed by atoms with Crippen LogP contribution in [0.3, 0.4) is 0 Å². The van der Waals surface area contributed by atoms with E-state index in [4.69, 9.17) is 0 Å². The van der Waals surface area contributed by atoms with Crippen LogP contribution >= 0.6 is 35.3 Å². The largest absolute Gasteiger partial charge is 0.157 e. The first kappa shape index (κ1) is 20.4. The van der Waals surface area contributed by atoms with Gasteiger partial charge in [0.15, 0.2) is 0 Å². The van der Waals surface area contributed by atoms with Gasteiger partial charge in [-0.1, -0.05) is 52.4 Å². The van der Waals surface area contributed by atoms with Crippen molar-refractivity contribution in [2.45, 2.75) is 112 Å². The van der Waals surface area contributed by atoms with Gasteiger partial charge in [-0.15, -0.1) is 0 Å². The maximum atomic E-state index is 2.43. The third-order valence-electron chi connectivity index (χ3n) is 5.29. The average Bonchev–Trinajstić information content (AvgIpc) is 2.58. The van der Waals surface area contributed by atoms with Gasteiger partial charge in [0, 0.05) is 21.0 Å². The molecule has 0 nitrogen and oxygen atoms in total. The molecule has 0 amide bonds. The third-order valence-corrected chi connectivity index (χ3v) is 10.5. The van der Waals surface area contributed by atoms with Crippen LogP contribution in [0, 0.1) is 0 Å². The molecule has 0 heterocycles. The summed E-state index contributed by atoms with van der Waals surface area (Å²) in [6.07, 6.45) is 17.5. The summed E-state index contributed by atoms with van der Waals surface area (Å²) >= 11 is 7.06. The average molecular weight is 375 g/mol. The predicted molar refractivity (Wildman–Crippen MR) is 114 cm³/mol. The van der Waals surface area contributed by atoms with Crippen molar-refractivity contribution in [2.75, 3.05) is 11.5 Å². The molecule has 0 saturated heterocycles. The van der Waals surface area contributed by atoms with E-state index in [2.05, 4.69) is 49.1 Å². The number of rotatable bonds is 10. The Kier molecular flexibility index (Phi) is 11.0.